The first-order chi connectivity index (χ1) is 14.0. The van der Waals surface area contributed by atoms with Gasteiger partial charge in [0.25, 0.3) is 0 Å². The number of carbonyl (C=O) groups excluding carboxylic acids is 2. The zero-order valence-corrected chi connectivity index (χ0v) is 15.8. The highest BCUT2D eigenvalue weighted by molar-refractivity contribution is 5.93. The molecule has 8 nitrogen and oxygen atoms in total. The molecule has 0 saturated carbocycles. The maximum Gasteiger partial charge on any atom is 0.351 e. The van der Waals surface area contributed by atoms with Gasteiger partial charge in [0.2, 0.25) is 0 Å². The van der Waals surface area contributed by atoms with Crippen LogP contribution in [0.3, 0.4) is 0 Å². The monoisotopic (exact) mass is 398 g/mol. The Bertz CT molecular complexity index is 1080. The molecule has 1 aromatic heterocycles. The van der Waals surface area contributed by atoms with Gasteiger partial charge in [-0.2, -0.15) is 0 Å². The van der Waals surface area contributed by atoms with Crippen LogP contribution in [0.25, 0.3) is 11.0 Å². The van der Waals surface area contributed by atoms with Crippen molar-refractivity contribution in [2.24, 2.45) is 0 Å². The first-order valence-corrected chi connectivity index (χ1v) is 8.72. The van der Waals surface area contributed by atoms with Crippen molar-refractivity contribution >= 4 is 22.9 Å². The van der Waals surface area contributed by atoms with Crippen molar-refractivity contribution in [3.8, 4) is 17.2 Å². The average Bonchev–Trinajstić information content (AvgIpc) is 2.72. The normalized spacial score (nSPS) is 10.4. The van der Waals surface area contributed by atoms with Crippen molar-refractivity contribution in [1.82, 2.24) is 0 Å². The highest BCUT2D eigenvalue weighted by Gasteiger charge is 2.15. The molecule has 29 heavy (non-hydrogen) atoms. The van der Waals surface area contributed by atoms with Crippen molar-refractivity contribution in [3.63, 3.8) is 0 Å². The van der Waals surface area contributed by atoms with Crippen LogP contribution >= 0.6 is 0 Å². The molecule has 0 amide bonds. The zero-order valence-electron chi connectivity index (χ0n) is 15.8. The molecule has 0 aliphatic rings. The van der Waals surface area contributed by atoms with E-state index in [1.165, 1.54) is 18.2 Å². The third-order valence-electron chi connectivity index (χ3n) is 3.85. The summed E-state index contributed by atoms with van der Waals surface area (Å²) in [5, 5.41) is 0.488. The molecule has 3 rings (SSSR count). The van der Waals surface area contributed by atoms with Gasteiger partial charge in [0.15, 0.2) is 6.61 Å². The molecule has 0 fully saturated rings. The Kier molecular flexibility index (Phi) is 6.13. The van der Waals surface area contributed by atoms with Gasteiger partial charge in [-0.1, -0.05) is 0 Å². The number of rotatable bonds is 7. The first kappa shape index (κ1) is 19.9. The van der Waals surface area contributed by atoms with Gasteiger partial charge in [-0.15, -0.1) is 0 Å². The molecular formula is C21H18O8. The lowest BCUT2D eigenvalue weighted by molar-refractivity contribution is -0.136. The molecule has 0 spiro atoms. The predicted molar refractivity (Wildman–Crippen MR) is 103 cm³/mol. The van der Waals surface area contributed by atoms with E-state index in [-0.39, 0.29) is 30.1 Å². The lowest BCUT2D eigenvalue weighted by atomic mass is 10.2. The molecule has 1 heterocycles. The lowest BCUT2D eigenvalue weighted by Gasteiger charge is -2.08. The second kappa shape index (κ2) is 8.92. The van der Waals surface area contributed by atoms with E-state index in [4.69, 9.17) is 23.4 Å². The minimum absolute atomic E-state index is 0.143. The Morgan fingerprint density at radius 1 is 0.966 bits per heavy atom. The Balaban J connectivity index is 1.68. The summed E-state index contributed by atoms with van der Waals surface area (Å²) < 4.78 is 25.6. The van der Waals surface area contributed by atoms with Crippen LogP contribution in [-0.4, -0.2) is 32.3 Å². The maximum absolute atomic E-state index is 12.0. The topological polar surface area (TPSA) is 101 Å². The summed E-state index contributed by atoms with van der Waals surface area (Å²) in [7, 11) is 1.55. The number of fused-ring (bicyclic) bond motifs is 1. The fourth-order valence-corrected chi connectivity index (χ4v) is 2.48. The summed E-state index contributed by atoms with van der Waals surface area (Å²) in [5.74, 6) is -0.0599. The zero-order chi connectivity index (χ0) is 20.8. The number of hydrogen-bond donors (Lipinski definition) is 0. The number of esters is 2. The van der Waals surface area contributed by atoms with Crippen molar-refractivity contribution in [2.75, 3.05) is 20.3 Å². The molecular weight excluding hydrogens is 380 g/mol. The average molecular weight is 398 g/mol. The molecule has 0 unspecified atom stereocenters. The Morgan fingerprint density at radius 2 is 1.66 bits per heavy atom. The van der Waals surface area contributed by atoms with E-state index in [9.17, 15) is 14.4 Å². The van der Waals surface area contributed by atoms with Crippen molar-refractivity contribution in [2.45, 2.75) is 6.92 Å². The van der Waals surface area contributed by atoms with Crippen LogP contribution in [0.5, 0.6) is 17.2 Å². The standard InChI is InChI=1S/C21H18O8/c1-3-26-20(23)17-10-13-4-5-16(11-18(13)29-21(17)24)28-19(22)12-27-15-8-6-14(25-2)7-9-15/h4-11H,3,12H2,1-2H3. The molecule has 2 aromatic carbocycles. The molecule has 0 saturated heterocycles. The Labute approximate surface area is 165 Å². The Hall–Kier alpha value is -3.81. The number of benzene rings is 2. The summed E-state index contributed by atoms with van der Waals surface area (Å²) in [6.45, 7) is 1.47. The number of carbonyl (C=O) groups is 2. The van der Waals surface area contributed by atoms with Gasteiger partial charge in [0, 0.05) is 11.5 Å². The van der Waals surface area contributed by atoms with Crippen molar-refractivity contribution in [3.05, 3.63) is 64.5 Å². The van der Waals surface area contributed by atoms with E-state index in [0.29, 0.717) is 16.9 Å². The van der Waals surface area contributed by atoms with Gasteiger partial charge >= 0.3 is 17.6 Å². The molecule has 0 bridgehead atoms. The second-order valence-corrected chi connectivity index (χ2v) is 5.81. The molecule has 0 atom stereocenters. The summed E-state index contributed by atoms with van der Waals surface area (Å²) in [6, 6.07) is 12.6. The smallest absolute Gasteiger partial charge is 0.351 e. The predicted octanol–water partition coefficient (Wildman–Crippen LogP) is 2.96. The summed E-state index contributed by atoms with van der Waals surface area (Å²) in [6.07, 6.45) is 0. The van der Waals surface area contributed by atoms with Gasteiger partial charge in [0.1, 0.15) is 28.4 Å². The number of hydrogen-bond acceptors (Lipinski definition) is 8. The lowest BCUT2D eigenvalue weighted by Crippen LogP contribution is -2.18. The van der Waals surface area contributed by atoms with Crippen LogP contribution in [0, 0.1) is 0 Å². The van der Waals surface area contributed by atoms with E-state index in [2.05, 4.69) is 0 Å². The molecule has 0 aliphatic heterocycles. The quantitative estimate of drug-likeness (QED) is 0.340. The fraction of sp³-hybridized carbons (Fsp3) is 0.190. The first-order valence-electron chi connectivity index (χ1n) is 8.72. The van der Waals surface area contributed by atoms with Gasteiger partial charge in [-0.25, -0.2) is 14.4 Å². The van der Waals surface area contributed by atoms with Gasteiger partial charge in [-0.05, 0) is 49.4 Å². The molecule has 3 aromatic rings. The third-order valence-corrected chi connectivity index (χ3v) is 3.85. The van der Waals surface area contributed by atoms with E-state index in [1.54, 1.807) is 44.4 Å². The van der Waals surface area contributed by atoms with E-state index >= 15 is 0 Å². The summed E-state index contributed by atoms with van der Waals surface area (Å²) >= 11 is 0. The molecule has 0 N–H and O–H groups in total. The van der Waals surface area contributed by atoms with E-state index < -0.39 is 17.6 Å². The van der Waals surface area contributed by atoms with Gasteiger partial charge < -0.3 is 23.4 Å². The van der Waals surface area contributed by atoms with Crippen molar-refractivity contribution in [1.29, 1.82) is 0 Å². The van der Waals surface area contributed by atoms with Gasteiger partial charge in [0.05, 0.1) is 13.7 Å². The van der Waals surface area contributed by atoms with E-state index in [1.807, 2.05) is 0 Å². The Morgan fingerprint density at radius 3 is 2.34 bits per heavy atom. The molecule has 0 aliphatic carbocycles. The number of methoxy groups -OCH3 is 1. The van der Waals surface area contributed by atoms with Crippen LogP contribution in [0.4, 0.5) is 0 Å². The maximum atomic E-state index is 12.0. The van der Waals surface area contributed by atoms with Crippen LogP contribution in [-0.2, 0) is 9.53 Å². The van der Waals surface area contributed by atoms with Crippen LogP contribution in [0.1, 0.15) is 17.3 Å². The van der Waals surface area contributed by atoms with Crippen LogP contribution in [0.2, 0.25) is 0 Å². The fourth-order valence-electron chi connectivity index (χ4n) is 2.48. The van der Waals surface area contributed by atoms with Crippen molar-refractivity contribution < 1.29 is 33.0 Å². The minimum Gasteiger partial charge on any atom is -0.497 e. The summed E-state index contributed by atoms with van der Waals surface area (Å²) in [5.41, 5.74) is -0.858. The second-order valence-electron chi connectivity index (χ2n) is 5.81. The number of ether oxygens (including phenoxy) is 4. The highest BCUT2D eigenvalue weighted by Crippen LogP contribution is 2.21. The van der Waals surface area contributed by atoms with Gasteiger partial charge in [-0.3, -0.25) is 0 Å². The minimum atomic E-state index is -0.831. The SMILES string of the molecule is CCOC(=O)c1cc2ccc(OC(=O)COc3ccc(OC)cc3)cc2oc1=O. The van der Waals surface area contributed by atoms with Crippen LogP contribution < -0.4 is 19.8 Å². The molecule has 0 radical (unpaired) electrons. The molecule has 8 heteroatoms. The third kappa shape index (κ3) is 4.92. The largest absolute Gasteiger partial charge is 0.497 e. The molecule has 150 valence electrons. The van der Waals surface area contributed by atoms with Crippen LogP contribution in [0.15, 0.2) is 57.7 Å². The highest BCUT2D eigenvalue weighted by atomic mass is 16.6. The van der Waals surface area contributed by atoms with E-state index in [0.717, 1.165) is 0 Å². The summed E-state index contributed by atoms with van der Waals surface area (Å²) in [4.78, 5) is 35.8.